The van der Waals surface area contributed by atoms with Crippen LogP contribution in [0.3, 0.4) is 0 Å². The van der Waals surface area contributed by atoms with Gasteiger partial charge in [-0.2, -0.15) is 0 Å². The molecule has 0 aromatic carbocycles. The highest BCUT2D eigenvalue weighted by Crippen LogP contribution is 2.75. The number of fused-ring (bicyclic) bond motifs is 7. The second-order valence-electron chi connectivity index (χ2n) is 20.6. The molecule has 7 rings (SSSR count). The van der Waals surface area contributed by atoms with Gasteiger partial charge >= 0.3 is 17.9 Å². The van der Waals surface area contributed by atoms with Crippen molar-refractivity contribution in [1.82, 2.24) is 12.3 Å². The Morgan fingerprint density at radius 3 is 1.79 bits per heavy atom. The highest BCUT2D eigenvalue weighted by molar-refractivity contribution is 5.95. The maximum atomic E-state index is 14.8. The lowest BCUT2D eigenvalue weighted by Crippen LogP contribution is -2.68. The molecule has 6 fully saturated rings. The molecule has 4 saturated carbocycles. The van der Waals surface area contributed by atoms with Crippen molar-refractivity contribution >= 4 is 23.7 Å². The Morgan fingerprint density at radius 1 is 0.677 bits per heavy atom. The van der Waals surface area contributed by atoms with Crippen molar-refractivity contribution in [3.8, 4) is 0 Å². The van der Waals surface area contributed by atoms with E-state index in [9.17, 15) is 60.0 Å². The smallest absolute Gasteiger partial charge is 0.335 e. The van der Waals surface area contributed by atoms with Gasteiger partial charge in [-0.15, -0.1) is 0 Å². The molecule has 5 aliphatic carbocycles. The molecule has 62 heavy (non-hydrogen) atoms. The lowest BCUT2D eigenvalue weighted by atomic mass is 9.33. The third-order valence-corrected chi connectivity index (χ3v) is 17.2. The molecule has 19 atom stereocenters. The van der Waals surface area contributed by atoms with Crippen LogP contribution in [0.1, 0.15) is 106 Å². The van der Waals surface area contributed by atoms with Crippen LogP contribution < -0.4 is 12.3 Å². The zero-order valence-electron chi connectivity index (χ0n) is 36.8. The van der Waals surface area contributed by atoms with E-state index in [2.05, 4.69) is 27.7 Å². The van der Waals surface area contributed by atoms with Crippen molar-refractivity contribution in [3.05, 3.63) is 11.6 Å². The first-order valence-electron chi connectivity index (χ1n) is 20.7. The van der Waals surface area contributed by atoms with Gasteiger partial charge in [0.2, 0.25) is 0 Å². The zero-order chi connectivity index (χ0) is 42.9. The van der Waals surface area contributed by atoms with Gasteiger partial charge in [-0.1, -0.05) is 47.1 Å². The number of ketones is 1. The predicted octanol–water partition coefficient (Wildman–Crippen LogP) is 0.920. The minimum absolute atomic E-state index is 0. The van der Waals surface area contributed by atoms with E-state index >= 15 is 0 Å². The van der Waals surface area contributed by atoms with E-state index in [1.54, 1.807) is 0 Å². The average Bonchev–Trinajstić information content (AvgIpc) is 3.13. The maximum Gasteiger partial charge on any atom is 0.335 e. The van der Waals surface area contributed by atoms with E-state index in [1.807, 2.05) is 26.8 Å². The Morgan fingerprint density at radius 2 is 1.23 bits per heavy atom. The van der Waals surface area contributed by atoms with Crippen molar-refractivity contribution in [1.29, 1.82) is 0 Å². The van der Waals surface area contributed by atoms with Gasteiger partial charge < -0.3 is 83.1 Å². The van der Waals surface area contributed by atoms with Crippen molar-refractivity contribution in [2.75, 3.05) is 0 Å². The van der Waals surface area contributed by atoms with Gasteiger partial charge in [-0.3, -0.25) is 9.59 Å². The largest absolute Gasteiger partial charge is 0.481 e. The summed E-state index contributed by atoms with van der Waals surface area (Å²) in [7, 11) is 0. The van der Waals surface area contributed by atoms with Crippen molar-refractivity contribution in [3.63, 3.8) is 0 Å². The Kier molecular flexibility index (Phi) is 15.2. The average molecular weight is 893 g/mol. The molecule has 20 nitrogen and oxygen atoms in total. The van der Waals surface area contributed by atoms with Crippen molar-refractivity contribution in [2.24, 2.45) is 50.2 Å². The summed E-state index contributed by atoms with van der Waals surface area (Å²) in [5.74, 6) is -4.47. The van der Waals surface area contributed by atoms with Gasteiger partial charge in [0.15, 0.2) is 30.6 Å². The number of carboxylic acid groups (broad SMARTS) is 3. The minimum Gasteiger partial charge on any atom is -0.481 e. The molecule has 0 bridgehead atoms. The topological polar surface area (TPSA) is 400 Å². The predicted molar refractivity (Wildman–Crippen MR) is 217 cm³/mol. The SMILES string of the molecule is CC1(C)[C@@H](O[C@@H]2O[C@H](C(=O)O)[C@@H](O)[C@H](O)[C@H]2O[C@@H]2O[C@H](C(=O)O)[C@@H](O)[C@H](O)[C@H]2O)CC[C@]2(C)[C@H]3C(=O)C=C4[C@H]5C[C@@](C)(C(=O)O)CC[C@]5(C)CC[C@@]4(C)[C@]3(C)CC[C@@H]12.N.N.O.O. The number of aliphatic hydroxyl groups is 5. The number of hydrogen-bond acceptors (Lipinski definition) is 15. The quantitative estimate of drug-likeness (QED) is 0.159. The summed E-state index contributed by atoms with van der Waals surface area (Å²) in [5, 5.41) is 83.0. The summed E-state index contributed by atoms with van der Waals surface area (Å²) in [6.07, 6.45) is -12.2. The second kappa shape index (κ2) is 17.6. The number of carbonyl (C=O) groups excluding carboxylic acids is 1. The fourth-order valence-electron chi connectivity index (χ4n) is 13.4. The molecule has 0 amide bonds. The van der Waals surface area contributed by atoms with E-state index in [4.69, 9.17) is 18.9 Å². The summed E-state index contributed by atoms with van der Waals surface area (Å²) in [6.45, 7) is 14.8. The summed E-state index contributed by atoms with van der Waals surface area (Å²) in [4.78, 5) is 51.3. The van der Waals surface area contributed by atoms with Crippen LogP contribution in [0.25, 0.3) is 0 Å². The van der Waals surface area contributed by atoms with Crippen LogP contribution in [0, 0.1) is 50.2 Å². The number of carbonyl (C=O) groups is 4. The maximum absolute atomic E-state index is 14.8. The van der Waals surface area contributed by atoms with Crippen LogP contribution in [0.2, 0.25) is 0 Å². The summed E-state index contributed by atoms with van der Waals surface area (Å²) < 4.78 is 23.4. The van der Waals surface area contributed by atoms with Crippen LogP contribution in [-0.2, 0) is 38.1 Å². The Labute approximate surface area is 361 Å². The number of ether oxygens (including phenoxy) is 4. The van der Waals surface area contributed by atoms with Gasteiger partial charge in [0, 0.05) is 5.92 Å². The Balaban J connectivity index is 0.00000256. The van der Waals surface area contributed by atoms with E-state index in [-0.39, 0.29) is 57.6 Å². The van der Waals surface area contributed by atoms with Crippen LogP contribution in [0.15, 0.2) is 11.6 Å². The van der Waals surface area contributed by atoms with Gasteiger partial charge in [0.25, 0.3) is 0 Å². The molecule has 0 spiro atoms. The van der Waals surface area contributed by atoms with Crippen molar-refractivity contribution < 1.29 is 89.9 Å². The highest BCUT2D eigenvalue weighted by atomic mass is 16.8. The standard InChI is InChI=1S/C42H62O16.2H3N.2H2O/c1-37(2)21-8-11-42(7)31(20(43)16-18-19-17-39(4,36(53)54)13-12-38(19,3)14-15-41(18,42)6)40(21,5)10-9-22(37)55-35-30(26(47)25(46)29(57-35)33(51)52)58-34-27(48)23(44)24(45)28(56-34)32(49)50;;;;/h16,19,21-31,34-35,44-48H,8-15,17H2,1-7H3,(H,49,50)(H,51,52)(H,53,54);2*1H3;2*1H2/t19-,21+,22+,23+,24+,25+,26+,27-,28+,29+,30-,31-,34+,35-,38-,39+,40+,41-,42-;;;;/m1..../s1. The fraction of sp³-hybridized carbons (Fsp3) is 0.857. The molecular formula is C42H72N2O18. The number of hydrogen-bond donors (Lipinski definition) is 10. The number of carboxylic acids is 3. The van der Waals surface area contributed by atoms with E-state index in [0.29, 0.717) is 25.7 Å². The fourth-order valence-corrected chi connectivity index (χ4v) is 13.4. The van der Waals surface area contributed by atoms with Gasteiger partial charge in [-0.25, -0.2) is 9.59 Å². The molecule has 358 valence electrons. The second-order valence-corrected chi connectivity index (χ2v) is 20.6. The molecule has 2 aliphatic heterocycles. The first-order valence-corrected chi connectivity index (χ1v) is 20.7. The highest BCUT2D eigenvalue weighted by Gasteiger charge is 2.71. The monoisotopic (exact) mass is 892 g/mol. The Hall–Kier alpha value is -2.70. The first kappa shape index (κ1) is 53.6. The molecule has 0 radical (unpaired) electrons. The zero-order valence-corrected chi connectivity index (χ0v) is 36.8. The van der Waals surface area contributed by atoms with Crippen LogP contribution >= 0.6 is 0 Å². The van der Waals surface area contributed by atoms with Crippen LogP contribution in [0.4, 0.5) is 0 Å². The molecule has 2 heterocycles. The summed E-state index contributed by atoms with van der Waals surface area (Å²) >= 11 is 0. The number of aliphatic hydroxyl groups excluding tert-OH is 5. The van der Waals surface area contributed by atoms with Crippen LogP contribution in [0.5, 0.6) is 0 Å². The molecule has 0 unspecified atom stereocenters. The Bertz CT molecular complexity index is 1750. The molecular weight excluding hydrogens is 820 g/mol. The lowest BCUT2D eigenvalue weighted by Gasteiger charge is -2.70. The molecule has 7 aliphatic rings. The first-order chi connectivity index (χ1) is 26.8. The number of rotatable bonds is 7. The molecule has 0 aromatic heterocycles. The molecule has 20 heteroatoms. The number of allylic oxidation sites excluding steroid dienone is 2. The molecule has 18 N–H and O–H groups in total. The lowest BCUT2D eigenvalue weighted by molar-refractivity contribution is -0.371. The summed E-state index contributed by atoms with van der Waals surface area (Å²) in [6, 6.07) is 0. The van der Waals surface area contributed by atoms with Gasteiger partial charge in [-0.05, 0) is 110 Å². The van der Waals surface area contributed by atoms with Crippen LogP contribution in [-0.4, -0.2) is 143 Å². The van der Waals surface area contributed by atoms with Gasteiger partial charge in [0.05, 0.1) is 11.5 Å². The molecule has 2 saturated heterocycles. The number of aliphatic carboxylic acids is 3. The molecule has 0 aromatic rings. The van der Waals surface area contributed by atoms with E-state index < -0.39 is 107 Å². The van der Waals surface area contributed by atoms with Crippen molar-refractivity contribution in [2.45, 2.75) is 174 Å². The normalized spacial score (nSPS) is 49.2. The van der Waals surface area contributed by atoms with E-state index in [0.717, 1.165) is 37.7 Å². The minimum atomic E-state index is -2.05. The summed E-state index contributed by atoms with van der Waals surface area (Å²) in [5.41, 5.74) is -1.81. The van der Waals surface area contributed by atoms with E-state index in [1.165, 1.54) is 0 Å². The third kappa shape index (κ3) is 7.73. The third-order valence-electron chi connectivity index (χ3n) is 17.2. The van der Waals surface area contributed by atoms with Gasteiger partial charge in [0.1, 0.15) is 36.6 Å².